The lowest BCUT2D eigenvalue weighted by atomic mass is 10.1. The minimum atomic E-state index is -0.512. The van der Waals surface area contributed by atoms with Gasteiger partial charge < -0.3 is 15.5 Å². The van der Waals surface area contributed by atoms with E-state index in [0.29, 0.717) is 5.82 Å². The van der Waals surface area contributed by atoms with Crippen molar-refractivity contribution >= 4 is 11.7 Å². The Kier molecular flexibility index (Phi) is 3.18. The predicted octanol–water partition coefficient (Wildman–Crippen LogP) is 1.64. The van der Waals surface area contributed by atoms with Crippen LogP contribution in [0, 0.1) is 0 Å². The van der Waals surface area contributed by atoms with Gasteiger partial charge in [-0.15, -0.1) is 0 Å². The van der Waals surface area contributed by atoms with Crippen LogP contribution in [0.5, 0.6) is 11.5 Å². The van der Waals surface area contributed by atoms with Crippen LogP contribution in [-0.4, -0.2) is 26.3 Å². The van der Waals surface area contributed by atoms with Gasteiger partial charge in [0, 0.05) is 5.56 Å². The summed E-state index contributed by atoms with van der Waals surface area (Å²) in [4.78, 5) is 11.9. The lowest BCUT2D eigenvalue weighted by Crippen LogP contribution is -2.13. The smallest absolute Gasteiger partial charge is 0.260 e. The molecule has 0 saturated carbocycles. The van der Waals surface area contributed by atoms with E-state index in [1.807, 2.05) is 6.92 Å². The van der Waals surface area contributed by atoms with E-state index >= 15 is 0 Å². The molecule has 0 bridgehead atoms. The highest BCUT2D eigenvalue weighted by Gasteiger charge is 2.15. The molecule has 1 aromatic heterocycles. The van der Waals surface area contributed by atoms with Gasteiger partial charge in [0.1, 0.15) is 5.82 Å². The molecular weight excluding hydrogens is 234 g/mol. The molecule has 0 atom stereocenters. The van der Waals surface area contributed by atoms with E-state index < -0.39 is 11.7 Å². The SMILES string of the molecule is CCc1cn[nH]c1NC(=O)c1cccc(O)c1O. The van der Waals surface area contributed by atoms with Crippen molar-refractivity contribution in [1.29, 1.82) is 0 Å². The van der Waals surface area contributed by atoms with Gasteiger partial charge in [-0.1, -0.05) is 13.0 Å². The second-order valence-electron chi connectivity index (χ2n) is 3.75. The fourth-order valence-electron chi connectivity index (χ4n) is 1.58. The Hall–Kier alpha value is -2.50. The topological polar surface area (TPSA) is 98.2 Å². The number of aromatic amines is 1. The highest BCUT2D eigenvalue weighted by Crippen LogP contribution is 2.28. The maximum absolute atomic E-state index is 11.9. The summed E-state index contributed by atoms with van der Waals surface area (Å²) < 4.78 is 0. The van der Waals surface area contributed by atoms with E-state index in [2.05, 4.69) is 15.5 Å². The Morgan fingerprint density at radius 1 is 1.44 bits per heavy atom. The number of aromatic nitrogens is 2. The van der Waals surface area contributed by atoms with Crippen LogP contribution in [0.1, 0.15) is 22.8 Å². The third-order valence-corrected chi connectivity index (χ3v) is 2.60. The summed E-state index contributed by atoms with van der Waals surface area (Å²) in [6.07, 6.45) is 2.34. The van der Waals surface area contributed by atoms with Crippen LogP contribution in [0.25, 0.3) is 0 Å². The van der Waals surface area contributed by atoms with Crippen LogP contribution in [0.2, 0.25) is 0 Å². The number of aromatic hydroxyl groups is 2. The number of hydrogen-bond donors (Lipinski definition) is 4. The fraction of sp³-hybridized carbons (Fsp3) is 0.167. The van der Waals surface area contributed by atoms with Crippen LogP contribution in [0.3, 0.4) is 0 Å². The molecule has 6 heteroatoms. The molecule has 0 unspecified atom stereocenters. The number of para-hydroxylation sites is 1. The maximum Gasteiger partial charge on any atom is 0.260 e. The molecule has 2 rings (SSSR count). The summed E-state index contributed by atoms with van der Waals surface area (Å²) in [6, 6.07) is 4.21. The summed E-state index contributed by atoms with van der Waals surface area (Å²) in [5, 5.41) is 28.0. The normalized spacial score (nSPS) is 10.3. The number of amides is 1. The average Bonchev–Trinajstić information content (AvgIpc) is 2.79. The molecule has 0 radical (unpaired) electrons. The molecule has 1 amide bonds. The van der Waals surface area contributed by atoms with Crippen LogP contribution >= 0.6 is 0 Å². The number of hydrogen-bond acceptors (Lipinski definition) is 4. The van der Waals surface area contributed by atoms with Crippen molar-refractivity contribution in [2.45, 2.75) is 13.3 Å². The number of carbonyl (C=O) groups is 1. The standard InChI is InChI=1S/C12H13N3O3/c1-2-7-6-13-15-11(7)14-12(18)8-4-3-5-9(16)10(8)17/h3-6,16-17H,2H2,1H3,(H2,13,14,15,18). The zero-order valence-electron chi connectivity index (χ0n) is 9.77. The monoisotopic (exact) mass is 247 g/mol. The lowest BCUT2D eigenvalue weighted by Gasteiger charge is -2.07. The van der Waals surface area contributed by atoms with Gasteiger partial charge in [-0.3, -0.25) is 9.89 Å². The minimum absolute atomic E-state index is 0.00616. The van der Waals surface area contributed by atoms with Crippen molar-refractivity contribution in [3.8, 4) is 11.5 Å². The van der Waals surface area contributed by atoms with Crippen LogP contribution < -0.4 is 5.32 Å². The van der Waals surface area contributed by atoms with E-state index in [-0.39, 0.29) is 11.3 Å². The Bertz CT molecular complexity index is 578. The largest absolute Gasteiger partial charge is 0.504 e. The molecule has 1 heterocycles. The maximum atomic E-state index is 11.9. The van der Waals surface area contributed by atoms with Gasteiger partial charge in [0.15, 0.2) is 11.5 Å². The molecule has 94 valence electrons. The zero-order chi connectivity index (χ0) is 13.1. The number of carbonyl (C=O) groups excluding carboxylic acids is 1. The second-order valence-corrected chi connectivity index (χ2v) is 3.75. The molecule has 0 aliphatic carbocycles. The van der Waals surface area contributed by atoms with Crippen molar-refractivity contribution in [1.82, 2.24) is 10.2 Å². The van der Waals surface area contributed by atoms with E-state index in [9.17, 15) is 15.0 Å². The highest BCUT2D eigenvalue weighted by atomic mass is 16.3. The van der Waals surface area contributed by atoms with Crippen molar-refractivity contribution in [2.24, 2.45) is 0 Å². The second kappa shape index (κ2) is 4.79. The van der Waals surface area contributed by atoms with Crippen LogP contribution in [-0.2, 0) is 6.42 Å². The molecule has 1 aromatic carbocycles. The summed E-state index contributed by atoms with van der Waals surface area (Å²) in [5.74, 6) is -0.789. The van der Waals surface area contributed by atoms with Crippen molar-refractivity contribution in [3.63, 3.8) is 0 Å². The molecule has 4 N–H and O–H groups in total. The first-order valence-corrected chi connectivity index (χ1v) is 5.48. The summed E-state index contributed by atoms with van der Waals surface area (Å²) in [5.41, 5.74) is 0.870. The highest BCUT2D eigenvalue weighted by molar-refractivity contribution is 6.06. The van der Waals surface area contributed by atoms with Crippen molar-refractivity contribution in [3.05, 3.63) is 35.5 Å². The van der Waals surface area contributed by atoms with E-state index in [4.69, 9.17) is 0 Å². The summed E-state index contributed by atoms with van der Waals surface area (Å²) in [7, 11) is 0. The Labute approximate surface area is 103 Å². The number of anilines is 1. The molecule has 0 aliphatic heterocycles. The minimum Gasteiger partial charge on any atom is -0.504 e. The zero-order valence-corrected chi connectivity index (χ0v) is 9.77. The third-order valence-electron chi connectivity index (χ3n) is 2.60. The van der Waals surface area contributed by atoms with E-state index in [1.165, 1.54) is 18.2 Å². The van der Waals surface area contributed by atoms with Crippen molar-refractivity contribution < 1.29 is 15.0 Å². The molecule has 0 aliphatic rings. The van der Waals surface area contributed by atoms with E-state index in [1.54, 1.807) is 6.20 Å². The van der Waals surface area contributed by atoms with Gasteiger partial charge in [0.05, 0.1) is 11.8 Å². The number of nitrogens with zero attached hydrogens (tertiary/aromatic N) is 1. The first-order valence-electron chi connectivity index (χ1n) is 5.48. The molecule has 0 fully saturated rings. The number of rotatable bonds is 3. The number of aryl methyl sites for hydroxylation is 1. The Balaban J connectivity index is 2.25. The number of nitrogens with one attached hydrogen (secondary N) is 2. The fourth-order valence-corrected chi connectivity index (χ4v) is 1.58. The molecule has 0 spiro atoms. The first-order chi connectivity index (χ1) is 8.63. The molecule has 0 saturated heterocycles. The molecule has 2 aromatic rings. The van der Waals surface area contributed by atoms with Crippen molar-refractivity contribution in [2.75, 3.05) is 5.32 Å². The Morgan fingerprint density at radius 2 is 2.22 bits per heavy atom. The number of phenols is 2. The predicted molar refractivity (Wildman–Crippen MR) is 65.7 cm³/mol. The number of H-pyrrole nitrogens is 1. The van der Waals surface area contributed by atoms with Crippen LogP contribution in [0.15, 0.2) is 24.4 Å². The average molecular weight is 247 g/mol. The lowest BCUT2D eigenvalue weighted by molar-refractivity contribution is 0.102. The summed E-state index contributed by atoms with van der Waals surface area (Å²) in [6.45, 7) is 1.94. The Morgan fingerprint density at radius 3 is 2.94 bits per heavy atom. The quantitative estimate of drug-likeness (QED) is 0.619. The van der Waals surface area contributed by atoms with Gasteiger partial charge in [0.25, 0.3) is 5.91 Å². The summed E-state index contributed by atoms with van der Waals surface area (Å²) >= 11 is 0. The van der Waals surface area contributed by atoms with Gasteiger partial charge >= 0.3 is 0 Å². The van der Waals surface area contributed by atoms with Gasteiger partial charge in [-0.25, -0.2) is 0 Å². The third kappa shape index (κ3) is 2.13. The van der Waals surface area contributed by atoms with E-state index in [0.717, 1.165) is 12.0 Å². The van der Waals surface area contributed by atoms with Crippen LogP contribution in [0.4, 0.5) is 5.82 Å². The number of phenolic OH excluding ortho intramolecular Hbond substituents is 2. The van der Waals surface area contributed by atoms with Gasteiger partial charge in [-0.05, 0) is 18.6 Å². The van der Waals surface area contributed by atoms with Gasteiger partial charge in [0.2, 0.25) is 0 Å². The number of benzene rings is 1. The molecular formula is C12H13N3O3. The first kappa shape index (κ1) is 12.0. The molecule has 18 heavy (non-hydrogen) atoms. The molecule has 6 nitrogen and oxygen atoms in total. The van der Waals surface area contributed by atoms with Gasteiger partial charge in [-0.2, -0.15) is 5.10 Å².